The molecule has 0 aromatic heterocycles. The van der Waals surface area contributed by atoms with Gasteiger partial charge >= 0.3 is 0 Å². The van der Waals surface area contributed by atoms with Crippen molar-refractivity contribution in [1.82, 2.24) is 0 Å². The summed E-state index contributed by atoms with van der Waals surface area (Å²) in [6.45, 7) is 2.90. The first-order valence-corrected chi connectivity index (χ1v) is 9.20. The van der Waals surface area contributed by atoms with Crippen LogP contribution in [-0.4, -0.2) is 34.0 Å². The molecule has 0 saturated carbocycles. The molecule has 1 heterocycles. The molecule has 22 heavy (non-hydrogen) atoms. The van der Waals surface area contributed by atoms with Crippen LogP contribution in [0.3, 0.4) is 0 Å². The summed E-state index contributed by atoms with van der Waals surface area (Å²) in [7, 11) is -3.65. The molecule has 1 aromatic rings. The highest BCUT2D eigenvalue weighted by molar-refractivity contribution is 7.86. The molecule has 1 saturated heterocycles. The zero-order chi connectivity index (χ0) is 15.8. The number of hydrogen-bond acceptors (Lipinski definition) is 5. The predicted octanol–water partition coefficient (Wildman–Crippen LogP) is 3.10. The van der Waals surface area contributed by atoms with Crippen molar-refractivity contribution in [3.8, 4) is 0 Å². The largest absolute Gasteiger partial charge is 0.353 e. The molecule has 1 fully saturated rings. The summed E-state index contributed by atoms with van der Waals surface area (Å²) in [5.41, 5.74) is 0. The zero-order valence-corrected chi connectivity index (χ0v) is 13.8. The van der Waals surface area contributed by atoms with Gasteiger partial charge in [0, 0.05) is 6.61 Å². The Morgan fingerprint density at radius 1 is 1.27 bits per heavy atom. The van der Waals surface area contributed by atoms with Gasteiger partial charge in [-0.05, 0) is 51.2 Å². The van der Waals surface area contributed by atoms with Crippen molar-refractivity contribution in [1.29, 1.82) is 0 Å². The molecule has 124 valence electrons. The van der Waals surface area contributed by atoms with Crippen LogP contribution in [0.4, 0.5) is 0 Å². The van der Waals surface area contributed by atoms with Crippen molar-refractivity contribution in [2.45, 2.75) is 56.3 Å². The third-order valence-corrected chi connectivity index (χ3v) is 4.87. The maximum absolute atomic E-state index is 11.9. The van der Waals surface area contributed by atoms with Gasteiger partial charge in [0.15, 0.2) is 6.29 Å². The Balaban J connectivity index is 1.66. The highest BCUT2D eigenvalue weighted by Crippen LogP contribution is 2.17. The number of ether oxygens (including phenoxy) is 2. The van der Waals surface area contributed by atoms with Gasteiger partial charge in [-0.2, -0.15) is 8.42 Å². The first-order valence-electron chi connectivity index (χ1n) is 7.79. The minimum Gasteiger partial charge on any atom is -0.353 e. The van der Waals surface area contributed by atoms with Crippen molar-refractivity contribution in [2.24, 2.45) is 0 Å². The molecule has 0 unspecified atom stereocenters. The van der Waals surface area contributed by atoms with Gasteiger partial charge in [0.25, 0.3) is 10.1 Å². The number of benzene rings is 1. The highest BCUT2D eigenvalue weighted by atomic mass is 32.2. The van der Waals surface area contributed by atoms with Crippen LogP contribution in [-0.2, 0) is 23.8 Å². The van der Waals surface area contributed by atoms with Gasteiger partial charge in [-0.15, -0.1) is 0 Å². The van der Waals surface area contributed by atoms with Crippen LogP contribution in [0.1, 0.15) is 39.0 Å². The Hall–Kier alpha value is -0.950. The molecule has 2 rings (SSSR count). The van der Waals surface area contributed by atoms with E-state index in [4.69, 9.17) is 13.7 Å². The molecule has 1 aliphatic rings. The zero-order valence-electron chi connectivity index (χ0n) is 12.9. The van der Waals surface area contributed by atoms with Gasteiger partial charge < -0.3 is 9.47 Å². The van der Waals surface area contributed by atoms with E-state index in [0.717, 1.165) is 32.3 Å². The molecule has 0 bridgehead atoms. The summed E-state index contributed by atoms with van der Waals surface area (Å²) < 4.78 is 40.2. The second-order valence-electron chi connectivity index (χ2n) is 5.47. The predicted molar refractivity (Wildman–Crippen MR) is 83.0 cm³/mol. The Bertz CT molecular complexity index is 523. The Labute approximate surface area is 132 Å². The molecule has 2 atom stereocenters. The van der Waals surface area contributed by atoms with Crippen molar-refractivity contribution in [2.75, 3.05) is 13.2 Å². The smallest absolute Gasteiger partial charge is 0.296 e. The van der Waals surface area contributed by atoms with Crippen LogP contribution in [0.25, 0.3) is 0 Å². The molecule has 6 heteroatoms. The molecule has 0 spiro atoms. The van der Waals surface area contributed by atoms with Crippen molar-refractivity contribution in [3.63, 3.8) is 0 Å². The highest BCUT2D eigenvalue weighted by Gasteiger charge is 2.18. The summed E-state index contributed by atoms with van der Waals surface area (Å²) in [5.74, 6) is 0. The van der Waals surface area contributed by atoms with Gasteiger partial charge in [-0.25, -0.2) is 0 Å². The Kier molecular flexibility index (Phi) is 6.82. The van der Waals surface area contributed by atoms with Crippen LogP contribution in [0.5, 0.6) is 0 Å². The Morgan fingerprint density at radius 2 is 2.05 bits per heavy atom. The lowest BCUT2D eigenvalue weighted by molar-refractivity contribution is -0.185. The fourth-order valence-electron chi connectivity index (χ4n) is 2.34. The van der Waals surface area contributed by atoms with Crippen LogP contribution in [0.2, 0.25) is 0 Å². The van der Waals surface area contributed by atoms with Crippen molar-refractivity contribution >= 4 is 10.1 Å². The Morgan fingerprint density at radius 3 is 2.73 bits per heavy atom. The second-order valence-corrected chi connectivity index (χ2v) is 7.09. The van der Waals surface area contributed by atoms with Crippen molar-refractivity contribution < 1.29 is 22.1 Å². The minimum atomic E-state index is -3.65. The lowest BCUT2D eigenvalue weighted by Crippen LogP contribution is -2.26. The molecule has 0 N–H and O–H groups in total. The first-order chi connectivity index (χ1) is 10.6. The number of rotatable bonds is 8. The molecule has 1 aromatic carbocycles. The van der Waals surface area contributed by atoms with E-state index in [1.54, 1.807) is 18.2 Å². The van der Waals surface area contributed by atoms with Gasteiger partial charge in [0.2, 0.25) is 0 Å². The van der Waals surface area contributed by atoms with Crippen LogP contribution < -0.4 is 0 Å². The van der Waals surface area contributed by atoms with E-state index in [9.17, 15) is 8.42 Å². The van der Waals surface area contributed by atoms with E-state index in [2.05, 4.69) is 0 Å². The average Bonchev–Trinajstić information content (AvgIpc) is 2.53. The molecule has 0 aliphatic carbocycles. The van der Waals surface area contributed by atoms with E-state index < -0.39 is 10.1 Å². The minimum absolute atomic E-state index is 0.0335. The van der Waals surface area contributed by atoms with Gasteiger partial charge in [-0.3, -0.25) is 4.18 Å². The van der Waals surface area contributed by atoms with E-state index in [-0.39, 0.29) is 23.9 Å². The van der Waals surface area contributed by atoms with Crippen LogP contribution >= 0.6 is 0 Å². The summed E-state index contributed by atoms with van der Waals surface area (Å²) in [6, 6.07) is 8.18. The van der Waals surface area contributed by atoms with E-state index >= 15 is 0 Å². The third kappa shape index (κ3) is 5.68. The molecular weight excluding hydrogens is 304 g/mol. The molecule has 1 aliphatic heterocycles. The summed E-state index contributed by atoms with van der Waals surface area (Å²) in [5, 5.41) is 0. The molecule has 0 amide bonds. The fourth-order valence-corrected chi connectivity index (χ4v) is 3.30. The lowest BCUT2D eigenvalue weighted by atomic mass is 10.2. The summed E-state index contributed by atoms with van der Waals surface area (Å²) in [6.07, 6.45) is 4.45. The quantitative estimate of drug-likeness (QED) is 0.542. The van der Waals surface area contributed by atoms with E-state index in [0.29, 0.717) is 6.42 Å². The standard InChI is InChI=1S/C16H24O5S/c1-14(21-16-11-5-6-12-19-16)8-7-13-20-22(17,18)15-9-3-2-4-10-15/h2-4,9-10,14,16H,5-8,11-13H2,1H3/t14-,16-/m1/s1. The van der Waals surface area contributed by atoms with E-state index in [1.807, 2.05) is 6.92 Å². The molecule has 0 radical (unpaired) electrons. The molecular formula is C16H24O5S. The van der Waals surface area contributed by atoms with Gasteiger partial charge in [0.05, 0.1) is 17.6 Å². The third-order valence-electron chi connectivity index (χ3n) is 3.55. The van der Waals surface area contributed by atoms with Crippen LogP contribution in [0, 0.1) is 0 Å². The topological polar surface area (TPSA) is 61.8 Å². The van der Waals surface area contributed by atoms with Crippen molar-refractivity contribution in [3.05, 3.63) is 30.3 Å². The summed E-state index contributed by atoms with van der Waals surface area (Å²) >= 11 is 0. The van der Waals surface area contributed by atoms with E-state index in [1.165, 1.54) is 12.1 Å². The summed E-state index contributed by atoms with van der Waals surface area (Å²) in [4.78, 5) is 0.190. The number of hydrogen-bond donors (Lipinski definition) is 0. The monoisotopic (exact) mass is 328 g/mol. The lowest BCUT2D eigenvalue weighted by Gasteiger charge is -2.26. The maximum Gasteiger partial charge on any atom is 0.296 e. The maximum atomic E-state index is 11.9. The SMILES string of the molecule is C[C@H](CCCOS(=O)(=O)c1ccccc1)O[C@@H]1CCCCO1. The first kappa shape index (κ1) is 17.4. The fraction of sp³-hybridized carbons (Fsp3) is 0.625. The van der Waals surface area contributed by atoms with Gasteiger partial charge in [-0.1, -0.05) is 18.2 Å². The van der Waals surface area contributed by atoms with Crippen LogP contribution in [0.15, 0.2) is 35.2 Å². The molecule has 5 nitrogen and oxygen atoms in total. The normalized spacial score (nSPS) is 20.7. The second kappa shape index (κ2) is 8.62. The average molecular weight is 328 g/mol. The van der Waals surface area contributed by atoms with Gasteiger partial charge in [0.1, 0.15) is 0 Å².